The number of methoxy groups -OCH3 is 1. The molecule has 2 aromatic rings. The maximum absolute atomic E-state index is 12.3. The van der Waals surface area contributed by atoms with Gasteiger partial charge in [0, 0.05) is 22.3 Å². The van der Waals surface area contributed by atoms with Crippen LogP contribution in [-0.4, -0.2) is 45.7 Å². The molecule has 3 N–H and O–H groups in total. The van der Waals surface area contributed by atoms with Gasteiger partial charge in [0.1, 0.15) is 38.5 Å². The fourth-order valence-electron chi connectivity index (χ4n) is 3.38. The summed E-state index contributed by atoms with van der Waals surface area (Å²) in [6, 6.07) is 15.5. The predicted molar refractivity (Wildman–Crippen MR) is 103 cm³/mol. The normalized spacial score (nSPS) is 19.8. The third kappa shape index (κ3) is 5.46. The van der Waals surface area contributed by atoms with E-state index < -0.39 is 0 Å². The number of hydrogen-bond acceptors (Lipinski definition) is 2. The van der Waals surface area contributed by atoms with E-state index >= 15 is 0 Å². The van der Waals surface area contributed by atoms with Gasteiger partial charge in [-0.1, -0.05) is 29.8 Å². The van der Waals surface area contributed by atoms with Crippen molar-refractivity contribution in [3.63, 3.8) is 0 Å². The standard InChI is InChI=1S/C20H24ClN3O2/c1-26-19-7-3-6-18(13-19)22-20(25)15-24-10-8-23(9-11-24)14-16-4-2-5-17(21)12-16/h2-7,12-13H,8-11,14-15H2,1H3,(H,22,25)/p+2. The van der Waals surface area contributed by atoms with E-state index in [-0.39, 0.29) is 5.91 Å². The molecule has 6 heteroatoms. The topological polar surface area (TPSA) is 47.2 Å². The van der Waals surface area contributed by atoms with Gasteiger partial charge in [-0.2, -0.15) is 0 Å². The van der Waals surface area contributed by atoms with E-state index in [4.69, 9.17) is 16.3 Å². The van der Waals surface area contributed by atoms with Crippen molar-refractivity contribution in [1.29, 1.82) is 0 Å². The molecule has 1 fully saturated rings. The SMILES string of the molecule is COc1cccc(NC(=O)C[NH+]2CC[NH+](Cc3cccc(Cl)c3)CC2)c1. The Hall–Kier alpha value is -2.08. The minimum Gasteiger partial charge on any atom is -0.497 e. The summed E-state index contributed by atoms with van der Waals surface area (Å²) < 4.78 is 5.19. The summed E-state index contributed by atoms with van der Waals surface area (Å²) in [5.41, 5.74) is 2.05. The number of anilines is 1. The first kappa shape index (κ1) is 18.7. The quantitative estimate of drug-likeness (QED) is 0.679. The number of nitrogens with one attached hydrogen (secondary N) is 3. The van der Waals surface area contributed by atoms with Gasteiger partial charge in [0.15, 0.2) is 6.54 Å². The van der Waals surface area contributed by atoms with Crippen molar-refractivity contribution < 1.29 is 19.3 Å². The molecule has 0 spiro atoms. The highest BCUT2D eigenvalue weighted by Crippen LogP contribution is 2.16. The number of carbonyl (C=O) groups excluding carboxylic acids is 1. The zero-order valence-electron chi connectivity index (χ0n) is 15.1. The summed E-state index contributed by atoms with van der Waals surface area (Å²) in [5.74, 6) is 0.792. The van der Waals surface area contributed by atoms with E-state index in [0.717, 1.165) is 49.2 Å². The zero-order chi connectivity index (χ0) is 18.4. The molecule has 0 unspecified atom stereocenters. The van der Waals surface area contributed by atoms with Gasteiger partial charge in [0.2, 0.25) is 0 Å². The second-order valence-electron chi connectivity index (χ2n) is 6.76. The van der Waals surface area contributed by atoms with Gasteiger partial charge in [-0.3, -0.25) is 4.79 Å². The van der Waals surface area contributed by atoms with Gasteiger partial charge in [0.05, 0.1) is 7.11 Å². The van der Waals surface area contributed by atoms with Gasteiger partial charge >= 0.3 is 0 Å². The molecule has 0 bridgehead atoms. The van der Waals surface area contributed by atoms with Crippen molar-refractivity contribution in [2.45, 2.75) is 6.54 Å². The van der Waals surface area contributed by atoms with Crippen molar-refractivity contribution in [2.24, 2.45) is 0 Å². The molecule has 0 saturated carbocycles. The molecule has 0 atom stereocenters. The Labute approximate surface area is 159 Å². The summed E-state index contributed by atoms with van der Waals surface area (Å²) in [6.45, 7) is 5.62. The number of ether oxygens (including phenoxy) is 1. The highest BCUT2D eigenvalue weighted by Gasteiger charge is 2.24. The number of rotatable bonds is 6. The average molecular weight is 376 g/mol. The molecule has 138 valence electrons. The van der Waals surface area contributed by atoms with Crippen molar-refractivity contribution >= 4 is 23.2 Å². The highest BCUT2D eigenvalue weighted by atomic mass is 35.5. The lowest BCUT2D eigenvalue weighted by atomic mass is 10.2. The molecular weight excluding hydrogens is 350 g/mol. The molecule has 2 aromatic carbocycles. The fraction of sp³-hybridized carbons (Fsp3) is 0.350. The number of quaternary nitrogens is 2. The molecule has 3 rings (SSSR count). The number of carbonyl (C=O) groups is 1. The Morgan fingerprint density at radius 3 is 2.54 bits per heavy atom. The third-order valence-corrected chi connectivity index (χ3v) is 5.01. The van der Waals surface area contributed by atoms with Crippen LogP contribution in [0.3, 0.4) is 0 Å². The van der Waals surface area contributed by atoms with E-state index in [2.05, 4.69) is 11.4 Å². The monoisotopic (exact) mass is 375 g/mol. The molecule has 1 aliphatic rings. The molecule has 0 radical (unpaired) electrons. The second kappa shape index (κ2) is 9.03. The van der Waals surface area contributed by atoms with Gasteiger partial charge in [-0.15, -0.1) is 0 Å². The van der Waals surface area contributed by atoms with E-state index in [1.165, 1.54) is 10.5 Å². The van der Waals surface area contributed by atoms with Crippen LogP contribution < -0.4 is 19.9 Å². The molecule has 1 saturated heterocycles. The van der Waals surface area contributed by atoms with Crippen LogP contribution in [0.15, 0.2) is 48.5 Å². The summed E-state index contributed by atoms with van der Waals surface area (Å²) in [4.78, 5) is 15.2. The van der Waals surface area contributed by atoms with Crippen molar-refractivity contribution in [3.8, 4) is 5.75 Å². The molecule has 5 nitrogen and oxygen atoms in total. The highest BCUT2D eigenvalue weighted by molar-refractivity contribution is 6.30. The lowest BCUT2D eigenvalue weighted by Crippen LogP contribution is -3.28. The third-order valence-electron chi connectivity index (χ3n) is 4.77. The Kier molecular flexibility index (Phi) is 6.50. The largest absolute Gasteiger partial charge is 0.497 e. The maximum atomic E-state index is 12.3. The first-order valence-electron chi connectivity index (χ1n) is 8.98. The predicted octanol–water partition coefficient (Wildman–Crippen LogP) is 0.271. The number of benzene rings is 2. The van der Waals surface area contributed by atoms with Crippen LogP contribution in [0.25, 0.3) is 0 Å². The van der Waals surface area contributed by atoms with Crippen molar-refractivity contribution in [3.05, 3.63) is 59.1 Å². The molecule has 1 aliphatic heterocycles. The van der Waals surface area contributed by atoms with Gasteiger partial charge in [0.25, 0.3) is 5.91 Å². The number of amides is 1. The van der Waals surface area contributed by atoms with Crippen LogP contribution in [0.2, 0.25) is 5.02 Å². The first-order valence-corrected chi connectivity index (χ1v) is 9.35. The smallest absolute Gasteiger partial charge is 0.279 e. The molecule has 0 aliphatic carbocycles. The minimum atomic E-state index is 0.0477. The Morgan fingerprint density at radius 2 is 1.81 bits per heavy atom. The van der Waals surface area contributed by atoms with Gasteiger partial charge in [-0.05, 0) is 24.3 Å². The van der Waals surface area contributed by atoms with Crippen molar-refractivity contribution in [1.82, 2.24) is 0 Å². The summed E-state index contributed by atoms with van der Waals surface area (Å²) in [7, 11) is 1.62. The van der Waals surface area contributed by atoms with Crippen LogP contribution in [0.4, 0.5) is 5.69 Å². The number of piperazine rings is 1. The Bertz CT molecular complexity index is 745. The Balaban J connectivity index is 1.44. The van der Waals surface area contributed by atoms with Gasteiger partial charge < -0.3 is 19.9 Å². The van der Waals surface area contributed by atoms with E-state index in [1.807, 2.05) is 42.5 Å². The average Bonchev–Trinajstić information content (AvgIpc) is 2.63. The molecular formula is C20H26ClN3O2+2. The van der Waals surface area contributed by atoms with Gasteiger partial charge in [-0.25, -0.2) is 0 Å². The Morgan fingerprint density at radius 1 is 1.08 bits per heavy atom. The van der Waals surface area contributed by atoms with Crippen LogP contribution in [-0.2, 0) is 11.3 Å². The number of halogens is 1. The van der Waals surface area contributed by atoms with E-state index in [0.29, 0.717) is 6.54 Å². The number of hydrogen-bond donors (Lipinski definition) is 3. The van der Waals surface area contributed by atoms with Crippen molar-refractivity contribution in [2.75, 3.05) is 45.2 Å². The molecule has 26 heavy (non-hydrogen) atoms. The molecule has 0 aromatic heterocycles. The fourth-order valence-corrected chi connectivity index (χ4v) is 3.59. The van der Waals surface area contributed by atoms with E-state index in [1.54, 1.807) is 12.0 Å². The van der Waals surface area contributed by atoms with Crippen LogP contribution >= 0.6 is 11.6 Å². The first-order chi connectivity index (χ1) is 12.6. The second-order valence-corrected chi connectivity index (χ2v) is 7.20. The summed E-state index contributed by atoms with van der Waals surface area (Å²) >= 11 is 6.06. The summed E-state index contributed by atoms with van der Waals surface area (Å²) in [5, 5.41) is 3.75. The molecule has 1 heterocycles. The maximum Gasteiger partial charge on any atom is 0.279 e. The van der Waals surface area contributed by atoms with Crippen LogP contribution in [0.5, 0.6) is 5.75 Å². The lowest BCUT2D eigenvalue weighted by Gasteiger charge is -2.29. The molecule has 1 amide bonds. The van der Waals surface area contributed by atoms with Crippen LogP contribution in [0.1, 0.15) is 5.56 Å². The zero-order valence-corrected chi connectivity index (χ0v) is 15.8. The van der Waals surface area contributed by atoms with E-state index in [9.17, 15) is 4.79 Å². The minimum absolute atomic E-state index is 0.0477. The van der Waals surface area contributed by atoms with Crippen LogP contribution in [0, 0.1) is 0 Å². The summed E-state index contributed by atoms with van der Waals surface area (Å²) in [6.07, 6.45) is 0. The lowest BCUT2D eigenvalue weighted by molar-refractivity contribution is -1.02.